The van der Waals surface area contributed by atoms with Crippen LogP contribution in [0.4, 0.5) is 10.6 Å². The normalized spacial score (nSPS) is 15.7. The third kappa shape index (κ3) is 10.7. The van der Waals surface area contributed by atoms with Gasteiger partial charge in [-0.3, -0.25) is 4.79 Å². The SMILES string of the molecule is CCC(C)(C)c1ccc(OCCCCNC(=O)CSc2nc(Cl)cc(N3CCN(C(=O)NC(C)C)C(C)C3)n2)c(C(C)(C)CC)c1. The lowest BCUT2D eigenvalue weighted by Crippen LogP contribution is -2.57. The lowest BCUT2D eigenvalue weighted by molar-refractivity contribution is -0.118. The molecule has 11 heteroatoms. The average Bonchev–Trinajstić information content (AvgIpc) is 3.00. The molecule has 1 aromatic carbocycles. The maximum atomic E-state index is 12.6. The Morgan fingerprint density at radius 1 is 1.07 bits per heavy atom. The number of rotatable bonds is 15. The number of benzene rings is 1. The van der Waals surface area contributed by atoms with Gasteiger partial charge in [0.25, 0.3) is 0 Å². The molecule has 1 aromatic heterocycles. The number of unbranched alkanes of at least 4 members (excludes halogenated alkanes) is 1. The van der Waals surface area contributed by atoms with Crippen LogP contribution in [0.1, 0.15) is 99.1 Å². The van der Waals surface area contributed by atoms with Gasteiger partial charge in [-0.25, -0.2) is 14.8 Å². The molecule has 2 N–H and O–H groups in total. The van der Waals surface area contributed by atoms with Crippen LogP contribution in [-0.4, -0.2) is 77.4 Å². The number of ether oxygens (including phenoxy) is 1. The molecule has 1 saturated heterocycles. The highest BCUT2D eigenvalue weighted by molar-refractivity contribution is 7.99. The number of aromatic nitrogens is 2. The average molecular weight is 675 g/mol. The lowest BCUT2D eigenvalue weighted by atomic mass is 9.76. The zero-order valence-electron chi connectivity index (χ0n) is 29.3. The molecule has 1 aliphatic rings. The summed E-state index contributed by atoms with van der Waals surface area (Å²) in [6.45, 7) is 22.5. The van der Waals surface area contributed by atoms with Gasteiger partial charge in [0, 0.05) is 49.9 Å². The van der Waals surface area contributed by atoms with E-state index in [4.69, 9.17) is 16.3 Å². The van der Waals surface area contributed by atoms with E-state index in [1.165, 1.54) is 22.9 Å². The molecule has 9 nitrogen and oxygen atoms in total. The van der Waals surface area contributed by atoms with Crippen molar-refractivity contribution in [3.63, 3.8) is 0 Å². The standard InChI is InChI=1S/C35H55ClN6O3S/c1-10-34(6,7)26-14-15-28(27(20-26)35(8,9)11-2)45-19-13-12-16-37-31(43)23-46-32-39-29(36)21-30(40-32)41-17-18-42(25(5)22-41)33(44)38-24(3)4/h14-15,20-21,24-25H,10-13,16-19,22-23H2,1-9H3,(H,37,43)(H,38,44). The predicted octanol–water partition coefficient (Wildman–Crippen LogP) is 7.20. The first kappa shape index (κ1) is 37.7. The highest BCUT2D eigenvalue weighted by Gasteiger charge is 2.29. The Morgan fingerprint density at radius 3 is 2.43 bits per heavy atom. The highest BCUT2D eigenvalue weighted by atomic mass is 35.5. The van der Waals surface area contributed by atoms with E-state index in [9.17, 15) is 9.59 Å². The molecular weight excluding hydrogens is 620 g/mol. The van der Waals surface area contributed by atoms with Crippen LogP contribution >= 0.6 is 23.4 Å². The van der Waals surface area contributed by atoms with Crippen molar-refractivity contribution in [2.75, 3.05) is 43.4 Å². The van der Waals surface area contributed by atoms with Crippen molar-refractivity contribution in [1.29, 1.82) is 0 Å². The van der Waals surface area contributed by atoms with E-state index >= 15 is 0 Å². The summed E-state index contributed by atoms with van der Waals surface area (Å²) in [7, 11) is 0. The molecule has 256 valence electrons. The van der Waals surface area contributed by atoms with Crippen molar-refractivity contribution < 1.29 is 14.3 Å². The molecule has 1 fully saturated rings. The monoisotopic (exact) mass is 674 g/mol. The third-order valence-electron chi connectivity index (χ3n) is 9.03. The van der Waals surface area contributed by atoms with E-state index in [0.29, 0.717) is 48.9 Å². The molecule has 0 bridgehead atoms. The topological polar surface area (TPSA) is 99.7 Å². The van der Waals surface area contributed by atoms with E-state index in [0.717, 1.165) is 31.4 Å². The largest absolute Gasteiger partial charge is 0.493 e. The molecule has 2 aromatic rings. The maximum Gasteiger partial charge on any atom is 0.317 e. The molecule has 2 heterocycles. The third-order valence-corrected chi connectivity index (χ3v) is 10.1. The number of carbonyl (C=O) groups excluding carboxylic acids is 2. The van der Waals surface area contributed by atoms with Crippen molar-refractivity contribution >= 4 is 41.1 Å². The van der Waals surface area contributed by atoms with Gasteiger partial charge in [-0.1, -0.05) is 77.0 Å². The number of piperazine rings is 1. The smallest absolute Gasteiger partial charge is 0.317 e. The second-order valence-electron chi connectivity index (χ2n) is 13.8. The van der Waals surface area contributed by atoms with Gasteiger partial charge >= 0.3 is 6.03 Å². The number of amides is 3. The second-order valence-corrected chi connectivity index (χ2v) is 15.1. The van der Waals surface area contributed by atoms with Crippen LogP contribution < -0.4 is 20.3 Å². The Balaban J connectivity index is 1.44. The zero-order chi connectivity index (χ0) is 34.1. The van der Waals surface area contributed by atoms with E-state index in [-0.39, 0.29) is 40.6 Å². The Kier molecular flexibility index (Phi) is 13.9. The second kappa shape index (κ2) is 16.9. The number of carbonyl (C=O) groups is 2. The molecule has 3 rings (SSSR count). The van der Waals surface area contributed by atoms with Crippen molar-refractivity contribution in [2.45, 2.75) is 116 Å². The molecule has 1 unspecified atom stereocenters. The van der Waals surface area contributed by atoms with Gasteiger partial charge in [-0.2, -0.15) is 0 Å². The number of urea groups is 1. The molecule has 0 radical (unpaired) electrons. The summed E-state index contributed by atoms with van der Waals surface area (Å²) < 4.78 is 6.28. The van der Waals surface area contributed by atoms with Gasteiger partial charge in [0.05, 0.1) is 12.4 Å². The molecule has 1 aliphatic heterocycles. The summed E-state index contributed by atoms with van der Waals surface area (Å²) in [5, 5.41) is 6.75. The van der Waals surface area contributed by atoms with Gasteiger partial charge in [-0.15, -0.1) is 0 Å². The lowest BCUT2D eigenvalue weighted by Gasteiger charge is -2.40. The molecule has 0 saturated carbocycles. The van der Waals surface area contributed by atoms with Crippen LogP contribution in [0.5, 0.6) is 5.75 Å². The number of thioether (sulfide) groups is 1. The van der Waals surface area contributed by atoms with Crippen LogP contribution in [0.25, 0.3) is 0 Å². The van der Waals surface area contributed by atoms with Crippen LogP contribution in [0.15, 0.2) is 29.4 Å². The minimum absolute atomic E-state index is 0.0116. The number of anilines is 1. The number of hydrogen-bond acceptors (Lipinski definition) is 7. The molecule has 0 aliphatic carbocycles. The fraction of sp³-hybridized carbons (Fsp3) is 0.657. The van der Waals surface area contributed by atoms with E-state index in [1.807, 2.05) is 25.7 Å². The Labute approximate surface area is 286 Å². The van der Waals surface area contributed by atoms with E-state index in [1.54, 1.807) is 6.07 Å². The first-order valence-corrected chi connectivity index (χ1v) is 18.1. The molecular formula is C35H55ClN6O3S. The van der Waals surface area contributed by atoms with Gasteiger partial charge in [0.2, 0.25) is 5.91 Å². The maximum absolute atomic E-state index is 12.6. The number of halogens is 1. The van der Waals surface area contributed by atoms with E-state index < -0.39 is 0 Å². The summed E-state index contributed by atoms with van der Waals surface area (Å²) in [5.41, 5.74) is 2.75. The summed E-state index contributed by atoms with van der Waals surface area (Å²) in [6.07, 6.45) is 3.77. The van der Waals surface area contributed by atoms with Crippen LogP contribution in [-0.2, 0) is 15.6 Å². The molecule has 1 atom stereocenters. The predicted molar refractivity (Wildman–Crippen MR) is 191 cm³/mol. The Morgan fingerprint density at radius 2 is 1.78 bits per heavy atom. The first-order chi connectivity index (χ1) is 21.7. The van der Waals surface area contributed by atoms with Crippen molar-refractivity contribution in [3.05, 3.63) is 40.5 Å². The van der Waals surface area contributed by atoms with Crippen molar-refractivity contribution in [3.8, 4) is 5.75 Å². The van der Waals surface area contributed by atoms with Gasteiger partial charge in [-0.05, 0) is 68.9 Å². The van der Waals surface area contributed by atoms with Gasteiger partial charge in [0.15, 0.2) is 5.16 Å². The highest BCUT2D eigenvalue weighted by Crippen LogP contribution is 2.38. The molecule has 0 spiro atoms. The van der Waals surface area contributed by atoms with Crippen LogP contribution in [0.3, 0.4) is 0 Å². The zero-order valence-corrected chi connectivity index (χ0v) is 30.9. The summed E-state index contributed by atoms with van der Waals surface area (Å²) in [5.74, 6) is 1.78. The fourth-order valence-corrected chi connectivity index (χ4v) is 6.14. The minimum atomic E-state index is -0.0736. The fourth-order valence-electron chi connectivity index (χ4n) is 5.23. The molecule has 3 amide bonds. The first-order valence-electron chi connectivity index (χ1n) is 16.7. The Hall–Kier alpha value is -2.72. The van der Waals surface area contributed by atoms with Crippen molar-refractivity contribution in [2.24, 2.45) is 0 Å². The number of nitrogens with zero attached hydrogens (tertiary/aromatic N) is 4. The van der Waals surface area contributed by atoms with Gasteiger partial charge in [0.1, 0.15) is 16.7 Å². The summed E-state index contributed by atoms with van der Waals surface area (Å²) in [4.78, 5) is 38.0. The quantitative estimate of drug-likeness (QED) is 0.0892. The summed E-state index contributed by atoms with van der Waals surface area (Å²) in [6, 6.07) is 8.45. The van der Waals surface area contributed by atoms with Gasteiger partial charge < -0.3 is 25.2 Å². The Bertz CT molecular complexity index is 1320. The number of hydrogen-bond donors (Lipinski definition) is 2. The van der Waals surface area contributed by atoms with Crippen LogP contribution in [0, 0.1) is 0 Å². The summed E-state index contributed by atoms with van der Waals surface area (Å²) >= 11 is 7.60. The van der Waals surface area contributed by atoms with Crippen molar-refractivity contribution in [1.82, 2.24) is 25.5 Å². The molecule has 46 heavy (non-hydrogen) atoms. The van der Waals surface area contributed by atoms with Crippen LogP contribution in [0.2, 0.25) is 5.15 Å². The number of nitrogens with one attached hydrogen (secondary N) is 2. The van der Waals surface area contributed by atoms with E-state index in [2.05, 4.69) is 85.2 Å². The minimum Gasteiger partial charge on any atom is -0.493 e.